The van der Waals surface area contributed by atoms with Crippen LogP contribution < -0.4 is 10.6 Å². The fourth-order valence-electron chi connectivity index (χ4n) is 2.33. The number of nitrogens with zero attached hydrogens (tertiary/aromatic N) is 1. The van der Waals surface area contributed by atoms with Crippen molar-refractivity contribution in [1.82, 2.24) is 10.6 Å². The minimum Gasteiger partial charge on any atom is -0.378 e. The first-order valence-electron chi connectivity index (χ1n) is 6.44. The molecular formula is C14H25N3O. The number of guanidine groups is 1. The molecule has 0 radical (unpaired) electrons. The van der Waals surface area contributed by atoms with Crippen molar-refractivity contribution in [1.29, 1.82) is 0 Å². The summed E-state index contributed by atoms with van der Waals surface area (Å²) in [6, 6.07) is 0.345. The highest BCUT2D eigenvalue weighted by Crippen LogP contribution is 2.51. The van der Waals surface area contributed by atoms with E-state index in [9.17, 15) is 0 Å². The predicted molar refractivity (Wildman–Crippen MR) is 75.5 cm³/mol. The Morgan fingerprint density at radius 3 is 2.61 bits per heavy atom. The fraction of sp³-hybridized carbons (Fsp3) is 0.786. The summed E-state index contributed by atoms with van der Waals surface area (Å²) >= 11 is 0. The van der Waals surface area contributed by atoms with Crippen molar-refractivity contribution in [2.24, 2.45) is 10.4 Å². The molecule has 18 heavy (non-hydrogen) atoms. The van der Waals surface area contributed by atoms with E-state index >= 15 is 0 Å². The molecule has 1 aliphatic rings. The number of ether oxygens (including phenoxy) is 1. The van der Waals surface area contributed by atoms with Crippen molar-refractivity contribution in [2.75, 3.05) is 20.2 Å². The second-order valence-electron chi connectivity index (χ2n) is 5.46. The van der Waals surface area contributed by atoms with Crippen molar-refractivity contribution >= 4 is 5.96 Å². The molecule has 1 aliphatic carbocycles. The van der Waals surface area contributed by atoms with Gasteiger partial charge in [0.1, 0.15) is 6.54 Å². The van der Waals surface area contributed by atoms with Crippen LogP contribution in [0, 0.1) is 17.8 Å². The van der Waals surface area contributed by atoms with Gasteiger partial charge in [-0.3, -0.25) is 0 Å². The Kier molecular flexibility index (Phi) is 4.64. The van der Waals surface area contributed by atoms with E-state index in [1.54, 1.807) is 7.11 Å². The first-order chi connectivity index (χ1) is 8.41. The van der Waals surface area contributed by atoms with Crippen LogP contribution in [0.25, 0.3) is 0 Å². The Balaban J connectivity index is 2.66. The summed E-state index contributed by atoms with van der Waals surface area (Å²) in [6.45, 7) is 9.83. The van der Waals surface area contributed by atoms with Gasteiger partial charge in [0.05, 0.1) is 5.60 Å². The third-order valence-electron chi connectivity index (χ3n) is 4.26. The van der Waals surface area contributed by atoms with Crippen LogP contribution >= 0.6 is 0 Å². The predicted octanol–water partition coefficient (Wildman–Crippen LogP) is 1.38. The minimum absolute atomic E-state index is 0.0636. The number of hydrogen-bond donors (Lipinski definition) is 2. The monoisotopic (exact) mass is 251 g/mol. The maximum atomic E-state index is 5.61. The van der Waals surface area contributed by atoms with Crippen LogP contribution in [0.15, 0.2) is 4.99 Å². The van der Waals surface area contributed by atoms with E-state index in [4.69, 9.17) is 11.2 Å². The van der Waals surface area contributed by atoms with Crippen LogP contribution in [0.4, 0.5) is 0 Å². The van der Waals surface area contributed by atoms with Crippen LogP contribution in [0.2, 0.25) is 0 Å². The molecule has 1 saturated carbocycles. The zero-order chi connectivity index (χ0) is 13.8. The van der Waals surface area contributed by atoms with Crippen molar-refractivity contribution in [3.05, 3.63) is 0 Å². The molecule has 0 aromatic rings. The third-order valence-corrected chi connectivity index (χ3v) is 4.26. The van der Waals surface area contributed by atoms with E-state index in [1.807, 2.05) is 6.92 Å². The van der Waals surface area contributed by atoms with Crippen LogP contribution in [-0.2, 0) is 4.74 Å². The van der Waals surface area contributed by atoms with Gasteiger partial charge >= 0.3 is 0 Å². The summed E-state index contributed by atoms with van der Waals surface area (Å²) in [5.41, 5.74) is -0.0117. The zero-order valence-corrected chi connectivity index (χ0v) is 12.1. The molecule has 0 aliphatic heterocycles. The molecule has 0 amide bonds. The molecule has 2 unspecified atom stereocenters. The molecule has 2 N–H and O–H groups in total. The molecular weight excluding hydrogens is 226 g/mol. The lowest BCUT2D eigenvalue weighted by Gasteiger charge is -2.59. The van der Waals surface area contributed by atoms with Crippen LogP contribution in [0.3, 0.4) is 0 Å². The van der Waals surface area contributed by atoms with Gasteiger partial charge in [0.2, 0.25) is 0 Å². The Labute approximate surface area is 111 Å². The van der Waals surface area contributed by atoms with Crippen molar-refractivity contribution in [3.8, 4) is 12.3 Å². The summed E-state index contributed by atoms with van der Waals surface area (Å²) in [7, 11) is 1.77. The van der Waals surface area contributed by atoms with Gasteiger partial charge in [0, 0.05) is 25.1 Å². The van der Waals surface area contributed by atoms with E-state index in [-0.39, 0.29) is 11.0 Å². The number of aliphatic imine (C=N–C) groups is 1. The SMILES string of the molecule is C#CCN=C(NCC)NC1CC(C)(OC)C1(C)C. The van der Waals surface area contributed by atoms with E-state index in [0.717, 1.165) is 18.9 Å². The molecule has 1 rings (SSSR count). The van der Waals surface area contributed by atoms with E-state index < -0.39 is 0 Å². The Bertz CT molecular complexity index is 357. The van der Waals surface area contributed by atoms with Gasteiger partial charge in [-0.1, -0.05) is 19.8 Å². The zero-order valence-electron chi connectivity index (χ0n) is 12.1. The van der Waals surface area contributed by atoms with Crippen molar-refractivity contribution in [3.63, 3.8) is 0 Å². The highest BCUT2D eigenvalue weighted by atomic mass is 16.5. The molecule has 0 aromatic carbocycles. The molecule has 0 bridgehead atoms. The summed E-state index contributed by atoms with van der Waals surface area (Å²) < 4.78 is 5.61. The quantitative estimate of drug-likeness (QED) is 0.451. The normalized spacial score (nSPS) is 30.2. The van der Waals surface area contributed by atoms with Gasteiger partial charge < -0.3 is 15.4 Å². The number of nitrogens with one attached hydrogen (secondary N) is 2. The second kappa shape index (κ2) is 5.62. The number of terminal acetylenes is 1. The van der Waals surface area contributed by atoms with E-state index in [1.165, 1.54) is 0 Å². The molecule has 0 heterocycles. The first-order valence-corrected chi connectivity index (χ1v) is 6.44. The highest BCUT2D eigenvalue weighted by Gasteiger charge is 2.57. The molecule has 4 heteroatoms. The molecule has 0 saturated heterocycles. The summed E-state index contributed by atoms with van der Waals surface area (Å²) in [5.74, 6) is 3.31. The van der Waals surface area contributed by atoms with Crippen molar-refractivity contribution in [2.45, 2.75) is 45.8 Å². The summed E-state index contributed by atoms with van der Waals surface area (Å²) in [5, 5.41) is 6.63. The molecule has 102 valence electrons. The maximum Gasteiger partial charge on any atom is 0.192 e. The maximum absolute atomic E-state index is 5.61. The highest BCUT2D eigenvalue weighted by molar-refractivity contribution is 5.80. The standard InChI is InChI=1S/C14H25N3O/c1-7-9-16-12(15-8-2)17-11-10-14(5,18-6)13(11,3)4/h1,11H,8-10H2,2-6H3,(H2,15,16,17). The van der Waals surface area contributed by atoms with Crippen LogP contribution in [-0.4, -0.2) is 37.8 Å². The first kappa shape index (κ1) is 14.8. The van der Waals surface area contributed by atoms with E-state index in [0.29, 0.717) is 12.6 Å². The third kappa shape index (κ3) is 2.62. The second-order valence-corrected chi connectivity index (χ2v) is 5.46. The lowest BCUT2D eigenvalue weighted by atomic mass is 9.56. The molecule has 2 atom stereocenters. The average Bonchev–Trinajstić information content (AvgIpc) is 2.35. The topological polar surface area (TPSA) is 45.7 Å². The molecule has 0 aromatic heterocycles. The Hall–Kier alpha value is -1.21. The Morgan fingerprint density at radius 2 is 2.17 bits per heavy atom. The van der Waals surface area contributed by atoms with Gasteiger partial charge in [-0.2, -0.15) is 0 Å². The number of methoxy groups -OCH3 is 1. The largest absolute Gasteiger partial charge is 0.378 e. The average molecular weight is 251 g/mol. The minimum atomic E-state index is -0.0753. The van der Waals surface area contributed by atoms with Crippen LogP contribution in [0.5, 0.6) is 0 Å². The molecule has 4 nitrogen and oxygen atoms in total. The van der Waals surface area contributed by atoms with Gasteiger partial charge in [-0.15, -0.1) is 6.42 Å². The van der Waals surface area contributed by atoms with Gasteiger partial charge in [-0.05, 0) is 20.3 Å². The summed E-state index contributed by atoms with van der Waals surface area (Å²) in [4.78, 5) is 4.31. The number of rotatable bonds is 4. The lowest BCUT2D eigenvalue weighted by Crippen LogP contribution is -2.69. The molecule has 1 fully saturated rings. The number of hydrogen-bond acceptors (Lipinski definition) is 2. The van der Waals surface area contributed by atoms with Gasteiger partial charge in [-0.25, -0.2) is 4.99 Å². The fourth-order valence-corrected chi connectivity index (χ4v) is 2.33. The van der Waals surface area contributed by atoms with Crippen LogP contribution in [0.1, 0.15) is 34.1 Å². The smallest absolute Gasteiger partial charge is 0.192 e. The lowest BCUT2D eigenvalue weighted by molar-refractivity contribution is -0.176. The van der Waals surface area contributed by atoms with Gasteiger partial charge in [0.25, 0.3) is 0 Å². The molecule has 0 spiro atoms. The van der Waals surface area contributed by atoms with E-state index in [2.05, 4.69) is 42.3 Å². The summed E-state index contributed by atoms with van der Waals surface area (Å²) in [6.07, 6.45) is 6.20. The van der Waals surface area contributed by atoms with Gasteiger partial charge in [0.15, 0.2) is 5.96 Å². The Morgan fingerprint density at radius 1 is 1.50 bits per heavy atom. The van der Waals surface area contributed by atoms with Crippen molar-refractivity contribution < 1.29 is 4.74 Å².